The van der Waals surface area contributed by atoms with Gasteiger partial charge in [-0.3, -0.25) is 15.5 Å². The molecule has 0 radical (unpaired) electrons. The first-order valence-electron chi connectivity index (χ1n) is 8.81. The van der Waals surface area contributed by atoms with E-state index in [1.807, 2.05) is 12.1 Å². The van der Waals surface area contributed by atoms with E-state index in [9.17, 15) is 14.9 Å². The topological polar surface area (TPSA) is 134 Å². The zero-order valence-electron chi connectivity index (χ0n) is 16.8. The van der Waals surface area contributed by atoms with Crippen molar-refractivity contribution in [2.75, 3.05) is 19.6 Å². The van der Waals surface area contributed by atoms with Gasteiger partial charge in [-0.1, -0.05) is 12.1 Å². The Balaban J connectivity index is 1.87. The molecule has 0 amide bonds. The summed E-state index contributed by atoms with van der Waals surface area (Å²) in [5.41, 5.74) is 3.31. The fourth-order valence-electron chi connectivity index (χ4n) is 2.52. The molecule has 0 fully saturated rings. The van der Waals surface area contributed by atoms with E-state index in [0.717, 1.165) is 17.3 Å². The summed E-state index contributed by atoms with van der Waals surface area (Å²) >= 11 is 0.912. The van der Waals surface area contributed by atoms with Gasteiger partial charge in [0.05, 0.1) is 19.1 Å². The predicted octanol–water partition coefficient (Wildman–Crippen LogP) is 3.09. The smallest absolute Gasteiger partial charge is 0.365 e. The van der Waals surface area contributed by atoms with Crippen molar-refractivity contribution < 1.29 is 19.2 Å². The molecular formula is C19H18N6O5S. The highest BCUT2D eigenvalue weighted by Crippen LogP contribution is 2.27. The third-order valence-electron chi connectivity index (χ3n) is 4.11. The van der Waals surface area contributed by atoms with Crippen LogP contribution in [0.15, 0.2) is 58.8 Å². The fourth-order valence-corrected chi connectivity index (χ4v) is 3.25. The first-order chi connectivity index (χ1) is 14.9. The number of hydrogen-bond donors (Lipinski definition) is 1. The minimum absolute atomic E-state index is 0.0996. The Labute approximate surface area is 181 Å². The number of hydrazone groups is 1. The van der Waals surface area contributed by atoms with Crippen LogP contribution >= 0.6 is 11.8 Å². The summed E-state index contributed by atoms with van der Waals surface area (Å²) in [6.45, 7) is 0. The van der Waals surface area contributed by atoms with Crippen LogP contribution in [0.25, 0.3) is 11.4 Å². The highest BCUT2D eigenvalue weighted by molar-refractivity contribution is 8.15. The first-order valence-corrected chi connectivity index (χ1v) is 9.63. The number of rotatable bonds is 6. The van der Waals surface area contributed by atoms with E-state index in [4.69, 9.17) is 9.47 Å². The van der Waals surface area contributed by atoms with E-state index >= 15 is 0 Å². The number of para-hydroxylation sites is 2. The van der Waals surface area contributed by atoms with Crippen molar-refractivity contribution >= 4 is 34.1 Å². The molecule has 11 nitrogen and oxygen atoms in total. The molecule has 1 N–H and O–H groups in total. The Kier molecular flexibility index (Phi) is 6.82. The summed E-state index contributed by atoms with van der Waals surface area (Å²) in [5, 5.41) is 23.7. The van der Waals surface area contributed by atoms with Crippen LogP contribution in [0.2, 0.25) is 0 Å². The number of carbonyl (C=O) groups excluding carboxylic acids is 1. The molecule has 160 valence electrons. The van der Waals surface area contributed by atoms with Gasteiger partial charge >= 0.3 is 5.97 Å². The van der Waals surface area contributed by atoms with Gasteiger partial charge < -0.3 is 14.0 Å². The molecule has 0 saturated heterocycles. The average Bonchev–Trinajstić information content (AvgIpc) is 3.16. The number of ether oxygens (including phenoxy) is 2. The third kappa shape index (κ3) is 4.98. The average molecular weight is 442 g/mol. The van der Waals surface area contributed by atoms with Crippen molar-refractivity contribution in [1.29, 1.82) is 0 Å². The van der Waals surface area contributed by atoms with E-state index in [2.05, 4.69) is 20.7 Å². The van der Waals surface area contributed by atoms with Crippen LogP contribution < -0.4 is 10.2 Å². The molecular weight excluding hydrogens is 424 g/mol. The maximum Gasteiger partial charge on any atom is 0.365 e. The summed E-state index contributed by atoms with van der Waals surface area (Å²) < 4.78 is 11.6. The number of benzene rings is 2. The number of aromatic nitrogens is 3. The van der Waals surface area contributed by atoms with Crippen molar-refractivity contribution in [3.8, 4) is 17.1 Å². The molecule has 0 saturated carbocycles. The number of hydrogen-bond acceptors (Lipinski definition) is 10. The van der Waals surface area contributed by atoms with Gasteiger partial charge in [0.15, 0.2) is 11.0 Å². The lowest BCUT2D eigenvalue weighted by Gasteiger charge is -2.07. The Morgan fingerprint density at radius 2 is 1.87 bits per heavy atom. The third-order valence-corrected chi connectivity index (χ3v) is 5.10. The lowest BCUT2D eigenvalue weighted by molar-refractivity contribution is -0.384. The Hall–Kier alpha value is -3.93. The van der Waals surface area contributed by atoms with Gasteiger partial charge in [-0.25, -0.2) is 4.79 Å². The number of methoxy groups -OCH3 is 2. The molecule has 0 aliphatic carbocycles. The quantitative estimate of drug-likeness (QED) is 0.153. The van der Waals surface area contributed by atoms with Gasteiger partial charge in [0.25, 0.3) is 5.69 Å². The van der Waals surface area contributed by atoms with Gasteiger partial charge in [-0.05, 0) is 42.1 Å². The second-order valence-electron chi connectivity index (χ2n) is 5.99. The normalized spacial score (nSPS) is 11.1. The van der Waals surface area contributed by atoms with E-state index in [1.165, 1.54) is 25.3 Å². The van der Waals surface area contributed by atoms with Crippen molar-refractivity contribution in [2.24, 2.45) is 12.1 Å². The molecule has 12 heteroatoms. The number of nitrogens with zero attached hydrogens (tertiary/aromatic N) is 5. The van der Waals surface area contributed by atoms with Crippen LogP contribution in [-0.2, 0) is 16.6 Å². The van der Waals surface area contributed by atoms with E-state index in [1.54, 1.807) is 36.9 Å². The maximum absolute atomic E-state index is 12.2. The largest absolute Gasteiger partial charge is 0.497 e. The summed E-state index contributed by atoms with van der Waals surface area (Å²) in [7, 11) is 4.53. The minimum Gasteiger partial charge on any atom is -0.497 e. The summed E-state index contributed by atoms with van der Waals surface area (Å²) in [4.78, 5) is 22.8. The number of esters is 1. The lowest BCUT2D eigenvalue weighted by atomic mass is 10.2. The molecule has 0 aliphatic rings. The van der Waals surface area contributed by atoms with Crippen LogP contribution in [0.4, 0.5) is 11.4 Å². The van der Waals surface area contributed by atoms with E-state index in [-0.39, 0.29) is 16.4 Å². The number of nitrogens with one attached hydrogen (secondary N) is 1. The van der Waals surface area contributed by atoms with Gasteiger partial charge in [-0.15, -0.1) is 10.2 Å². The Morgan fingerprint density at radius 3 is 2.52 bits per heavy atom. The molecule has 3 aromatic rings. The number of nitro groups is 1. The molecule has 0 spiro atoms. The number of carbonyl (C=O) groups is 1. The molecule has 0 aliphatic heterocycles. The SMILES string of the molecule is COC(=O)C(=NNc1ccccc1[N+](=O)[O-])Sc1nnc(-c2ccc(OC)cc2)n1C. The van der Waals surface area contributed by atoms with Crippen molar-refractivity contribution in [3.05, 3.63) is 58.6 Å². The lowest BCUT2D eigenvalue weighted by Crippen LogP contribution is -2.15. The Bertz CT molecular complexity index is 1130. The van der Waals surface area contributed by atoms with Gasteiger partial charge in [-0.2, -0.15) is 5.10 Å². The molecule has 31 heavy (non-hydrogen) atoms. The molecule has 1 heterocycles. The van der Waals surface area contributed by atoms with Crippen molar-refractivity contribution in [1.82, 2.24) is 14.8 Å². The zero-order valence-corrected chi connectivity index (χ0v) is 17.6. The molecule has 0 atom stereocenters. The fraction of sp³-hybridized carbons (Fsp3) is 0.158. The second kappa shape index (κ2) is 9.71. The second-order valence-corrected chi connectivity index (χ2v) is 6.95. The summed E-state index contributed by atoms with van der Waals surface area (Å²) in [6, 6.07) is 13.2. The number of nitro benzene ring substituents is 1. The van der Waals surface area contributed by atoms with Gasteiger partial charge in [0, 0.05) is 18.7 Å². The summed E-state index contributed by atoms with van der Waals surface area (Å²) in [5.74, 6) is 0.549. The summed E-state index contributed by atoms with van der Waals surface area (Å²) in [6.07, 6.45) is 0. The van der Waals surface area contributed by atoms with Crippen LogP contribution in [-0.4, -0.2) is 44.9 Å². The highest BCUT2D eigenvalue weighted by atomic mass is 32.2. The molecule has 3 rings (SSSR count). The highest BCUT2D eigenvalue weighted by Gasteiger charge is 2.21. The zero-order chi connectivity index (χ0) is 22.4. The monoisotopic (exact) mass is 442 g/mol. The number of anilines is 1. The molecule has 0 unspecified atom stereocenters. The molecule has 2 aromatic carbocycles. The van der Waals surface area contributed by atoms with Crippen molar-refractivity contribution in [2.45, 2.75) is 5.16 Å². The van der Waals surface area contributed by atoms with Crippen LogP contribution in [0.3, 0.4) is 0 Å². The van der Waals surface area contributed by atoms with Crippen LogP contribution in [0.5, 0.6) is 5.75 Å². The van der Waals surface area contributed by atoms with Crippen LogP contribution in [0, 0.1) is 10.1 Å². The van der Waals surface area contributed by atoms with E-state index in [0.29, 0.717) is 16.7 Å². The number of thioether (sulfide) groups is 1. The first kappa shape index (κ1) is 21.8. The van der Waals surface area contributed by atoms with Crippen LogP contribution in [0.1, 0.15) is 0 Å². The van der Waals surface area contributed by atoms with Crippen molar-refractivity contribution in [3.63, 3.8) is 0 Å². The molecule has 1 aromatic heterocycles. The van der Waals surface area contributed by atoms with E-state index < -0.39 is 10.9 Å². The van der Waals surface area contributed by atoms with Gasteiger partial charge in [0.2, 0.25) is 5.04 Å². The minimum atomic E-state index is -0.731. The maximum atomic E-state index is 12.2. The standard InChI is InChI=1S/C19H18N6O5S/c1-24-16(12-8-10-13(29-2)11-9-12)21-23-19(24)31-17(18(26)30-3)22-20-14-6-4-5-7-15(14)25(27)28/h4-11,20H,1-3H3. The Morgan fingerprint density at radius 1 is 1.16 bits per heavy atom. The predicted molar refractivity (Wildman–Crippen MR) is 115 cm³/mol. The van der Waals surface area contributed by atoms with Gasteiger partial charge in [0.1, 0.15) is 11.4 Å². The molecule has 0 bridgehead atoms.